The van der Waals surface area contributed by atoms with Gasteiger partial charge in [-0.15, -0.1) is 0 Å². The third-order valence-corrected chi connectivity index (χ3v) is 4.37. The van der Waals surface area contributed by atoms with E-state index in [4.69, 9.17) is 0 Å². The first-order chi connectivity index (χ1) is 13.6. The Morgan fingerprint density at radius 1 is 1.14 bits per heavy atom. The number of pyridine rings is 2. The van der Waals surface area contributed by atoms with Crippen LogP contribution in [-0.2, 0) is 6.42 Å². The number of nitrogens with zero attached hydrogens (tertiary/aromatic N) is 6. The minimum absolute atomic E-state index is 0.182. The molecule has 28 heavy (non-hydrogen) atoms. The molecule has 1 N–H and O–H groups in total. The molecule has 0 unspecified atom stereocenters. The summed E-state index contributed by atoms with van der Waals surface area (Å²) in [6.45, 7) is 4.78. The number of rotatable bonds is 6. The van der Waals surface area contributed by atoms with Crippen molar-refractivity contribution < 1.29 is 4.39 Å². The van der Waals surface area contributed by atoms with Gasteiger partial charge >= 0.3 is 0 Å². The molecular formula is C20H20FN7. The summed E-state index contributed by atoms with van der Waals surface area (Å²) in [6.07, 6.45) is 8.86. The summed E-state index contributed by atoms with van der Waals surface area (Å²) in [5.74, 6) is 0.600. The van der Waals surface area contributed by atoms with E-state index in [2.05, 4.69) is 44.1 Å². The maximum Gasteiger partial charge on any atom is 0.166 e. The molecule has 4 rings (SSSR count). The van der Waals surface area contributed by atoms with Gasteiger partial charge in [-0.1, -0.05) is 6.07 Å². The zero-order valence-corrected chi connectivity index (χ0v) is 15.7. The van der Waals surface area contributed by atoms with Gasteiger partial charge in [0, 0.05) is 36.7 Å². The SMILES string of the molecule is CC(C)n1cnc2c(NCCc3cccnc3)nc(-c3cncc(F)c3)nc21. The predicted octanol–water partition coefficient (Wildman–Crippen LogP) is 3.66. The van der Waals surface area contributed by atoms with E-state index in [1.165, 1.54) is 6.07 Å². The Morgan fingerprint density at radius 3 is 2.79 bits per heavy atom. The number of hydrogen-bond acceptors (Lipinski definition) is 6. The van der Waals surface area contributed by atoms with Crippen LogP contribution in [0.1, 0.15) is 25.5 Å². The smallest absolute Gasteiger partial charge is 0.166 e. The summed E-state index contributed by atoms with van der Waals surface area (Å²) in [6, 6.07) is 5.50. The Morgan fingerprint density at radius 2 is 2.04 bits per heavy atom. The minimum atomic E-state index is -0.426. The average molecular weight is 377 g/mol. The van der Waals surface area contributed by atoms with Gasteiger partial charge in [-0.05, 0) is 38.0 Å². The number of fused-ring (bicyclic) bond motifs is 1. The van der Waals surface area contributed by atoms with Crippen LogP contribution < -0.4 is 5.32 Å². The van der Waals surface area contributed by atoms with Crippen molar-refractivity contribution in [2.75, 3.05) is 11.9 Å². The summed E-state index contributed by atoms with van der Waals surface area (Å²) in [5.41, 5.74) is 3.04. The van der Waals surface area contributed by atoms with Gasteiger partial charge in [0.15, 0.2) is 17.3 Å². The van der Waals surface area contributed by atoms with Gasteiger partial charge in [-0.25, -0.2) is 19.3 Å². The fourth-order valence-corrected chi connectivity index (χ4v) is 2.95. The van der Waals surface area contributed by atoms with Crippen LogP contribution in [0.3, 0.4) is 0 Å². The number of halogens is 1. The molecule has 0 bridgehead atoms. The molecule has 0 aliphatic carbocycles. The zero-order valence-electron chi connectivity index (χ0n) is 15.7. The normalized spacial score (nSPS) is 11.3. The molecule has 142 valence electrons. The van der Waals surface area contributed by atoms with Gasteiger partial charge in [0.05, 0.1) is 12.5 Å². The van der Waals surface area contributed by atoms with Crippen LogP contribution in [0.5, 0.6) is 0 Å². The second-order valence-electron chi connectivity index (χ2n) is 6.74. The lowest BCUT2D eigenvalue weighted by molar-refractivity contribution is 0.612. The zero-order chi connectivity index (χ0) is 19.5. The second kappa shape index (κ2) is 7.67. The molecule has 0 amide bonds. The maximum absolute atomic E-state index is 13.6. The van der Waals surface area contributed by atoms with E-state index in [-0.39, 0.29) is 6.04 Å². The van der Waals surface area contributed by atoms with Crippen molar-refractivity contribution in [3.8, 4) is 11.4 Å². The molecule has 0 atom stereocenters. The molecule has 0 aliphatic rings. The molecule has 4 heterocycles. The van der Waals surface area contributed by atoms with Crippen LogP contribution >= 0.6 is 0 Å². The van der Waals surface area contributed by atoms with Crippen LogP contribution in [-0.4, -0.2) is 36.0 Å². The van der Waals surface area contributed by atoms with Gasteiger partial charge < -0.3 is 9.88 Å². The van der Waals surface area contributed by atoms with Gasteiger partial charge in [-0.3, -0.25) is 9.97 Å². The Balaban J connectivity index is 1.71. The van der Waals surface area contributed by atoms with Crippen LogP contribution in [0, 0.1) is 5.82 Å². The number of anilines is 1. The molecule has 0 radical (unpaired) electrons. The fourth-order valence-electron chi connectivity index (χ4n) is 2.95. The first kappa shape index (κ1) is 18.0. The van der Waals surface area contributed by atoms with Gasteiger partial charge in [0.1, 0.15) is 11.3 Å². The predicted molar refractivity (Wildman–Crippen MR) is 105 cm³/mol. The van der Waals surface area contributed by atoms with Crippen LogP contribution in [0.4, 0.5) is 10.2 Å². The number of hydrogen-bond donors (Lipinski definition) is 1. The number of aromatic nitrogens is 6. The van der Waals surface area contributed by atoms with Crippen LogP contribution in [0.15, 0.2) is 49.3 Å². The van der Waals surface area contributed by atoms with E-state index < -0.39 is 5.82 Å². The highest BCUT2D eigenvalue weighted by atomic mass is 19.1. The molecule has 0 aliphatic heterocycles. The first-order valence-electron chi connectivity index (χ1n) is 9.10. The van der Waals surface area contributed by atoms with E-state index in [1.54, 1.807) is 18.7 Å². The molecule has 0 saturated heterocycles. The minimum Gasteiger partial charge on any atom is -0.368 e. The lowest BCUT2D eigenvalue weighted by atomic mass is 10.2. The Bertz CT molecular complexity index is 1090. The van der Waals surface area contributed by atoms with Gasteiger partial charge in [0.2, 0.25) is 0 Å². The third-order valence-electron chi connectivity index (χ3n) is 4.37. The van der Waals surface area contributed by atoms with Gasteiger partial charge in [-0.2, -0.15) is 0 Å². The quantitative estimate of drug-likeness (QED) is 0.552. The number of imidazole rings is 1. The van der Waals surface area contributed by atoms with Crippen molar-refractivity contribution in [1.82, 2.24) is 29.5 Å². The fraction of sp³-hybridized carbons (Fsp3) is 0.250. The third kappa shape index (κ3) is 3.66. The monoisotopic (exact) mass is 377 g/mol. The highest BCUT2D eigenvalue weighted by Crippen LogP contribution is 2.25. The van der Waals surface area contributed by atoms with E-state index in [9.17, 15) is 4.39 Å². The molecule has 4 aromatic rings. The molecule has 8 heteroatoms. The second-order valence-corrected chi connectivity index (χ2v) is 6.74. The maximum atomic E-state index is 13.6. The van der Waals surface area contributed by atoms with Crippen molar-refractivity contribution in [3.63, 3.8) is 0 Å². The Labute approximate surface area is 161 Å². The van der Waals surface area contributed by atoms with Crippen molar-refractivity contribution in [2.45, 2.75) is 26.3 Å². The van der Waals surface area contributed by atoms with Crippen LogP contribution in [0.2, 0.25) is 0 Å². The Hall–Kier alpha value is -3.42. The first-order valence-corrected chi connectivity index (χ1v) is 9.10. The summed E-state index contributed by atoms with van der Waals surface area (Å²) in [4.78, 5) is 21.8. The Kier molecular flexibility index (Phi) is 4.92. The van der Waals surface area contributed by atoms with E-state index >= 15 is 0 Å². The molecule has 0 fully saturated rings. The van der Waals surface area contributed by atoms with Crippen molar-refractivity contribution >= 4 is 17.0 Å². The molecule has 0 spiro atoms. The molecule has 7 nitrogen and oxygen atoms in total. The van der Waals surface area contributed by atoms with E-state index in [1.807, 2.05) is 22.9 Å². The van der Waals surface area contributed by atoms with Gasteiger partial charge in [0.25, 0.3) is 0 Å². The number of nitrogens with one attached hydrogen (secondary N) is 1. The highest BCUT2D eigenvalue weighted by Gasteiger charge is 2.16. The summed E-state index contributed by atoms with van der Waals surface area (Å²) < 4.78 is 15.6. The van der Waals surface area contributed by atoms with Crippen molar-refractivity contribution in [1.29, 1.82) is 0 Å². The average Bonchev–Trinajstić information content (AvgIpc) is 3.13. The molecular weight excluding hydrogens is 357 g/mol. The standard InChI is InChI=1S/C20H20FN7/c1-13(2)28-12-25-17-19(24-7-5-14-4-3-6-22-9-14)26-18(27-20(17)28)15-8-16(21)11-23-10-15/h3-4,6,8-13H,5,7H2,1-2H3,(H,24,26,27). The van der Waals surface area contributed by atoms with Crippen molar-refractivity contribution in [2.24, 2.45) is 0 Å². The summed E-state index contributed by atoms with van der Waals surface area (Å²) >= 11 is 0. The molecule has 4 aromatic heterocycles. The summed E-state index contributed by atoms with van der Waals surface area (Å²) in [5, 5.41) is 3.34. The van der Waals surface area contributed by atoms with Crippen molar-refractivity contribution in [3.05, 3.63) is 60.7 Å². The molecule has 0 aromatic carbocycles. The molecule has 0 saturated carbocycles. The van der Waals surface area contributed by atoms with E-state index in [0.717, 1.165) is 18.2 Å². The largest absolute Gasteiger partial charge is 0.368 e. The van der Waals surface area contributed by atoms with E-state index in [0.29, 0.717) is 34.9 Å². The lowest BCUT2D eigenvalue weighted by Crippen LogP contribution is -2.09. The summed E-state index contributed by atoms with van der Waals surface area (Å²) in [7, 11) is 0. The topological polar surface area (TPSA) is 81.4 Å². The highest BCUT2D eigenvalue weighted by molar-refractivity contribution is 5.85. The van der Waals surface area contributed by atoms with Crippen LogP contribution in [0.25, 0.3) is 22.6 Å². The lowest BCUT2D eigenvalue weighted by Gasteiger charge is -2.11.